The van der Waals surface area contributed by atoms with E-state index in [4.69, 9.17) is 4.74 Å². The topological polar surface area (TPSA) is 104 Å². The molecule has 3 N–H and O–H groups in total. The zero-order chi connectivity index (χ0) is 19.8. The zero-order valence-corrected chi connectivity index (χ0v) is 14.5. The lowest BCUT2D eigenvalue weighted by Gasteiger charge is -2.05. The summed E-state index contributed by atoms with van der Waals surface area (Å²) >= 11 is 0. The van der Waals surface area contributed by atoms with E-state index in [2.05, 4.69) is 0 Å². The number of ether oxygens (including phenoxy) is 1. The molecule has 0 saturated carbocycles. The van der Waals surface area contributed by atoms with Gasteiger partial charge in [0.25, 0.3) is 0 Å². The molecule has 0 bridgehead atoms. The van der Waals surface area contributed by atoms with Gasteiger partial charge in [-0.2, -0.15) is 0 Å². The van der Waals surface area contributed by atoms with Crippen molar-refractivity contribution in [1.29, 1.82) is 0 Å². The molecule has 2 rings (SSSR count). The number of benzene rings is 2. The number of allylic oxidation sites excluding steroid dienone is 2. The summed E-state index contributed by atoms with van der Waals surface area (Å²) in [5.74, 6) is -2.28. The lowest BCUT2D eigenvalue weighted by atomic mass is 10.1. The van der Waals surface area contributed by atoms with Crippen LogP contribution in [0.2, 0.25) is 0 Å². The SMILES string of the molecule is CC(=O)O/C(C(=O)/C=C/c1ccc(O)cc1)=C(O)\C=C\c1ccc(O)cc1. The summed E-state index contributed by atoms with van der Waals surface area (Å²) in [5.41, 5.74) is 1.30. The average molecular weight is 366 g/mol. The van der Waals surface area contributed by atoms with Gasteiger partial charge in [0.1, 0.15) is 11.5 Å². The molecule has 6 heteroatoms. The Labute approximate surface area is 156 Å². The van der Waals surface area contributed by atoms with E-state index in [0.29, 0.717) is 11.1 Å². The number of rotatable bonds is 6. The van der Waals surface area contributed by atoms with Gasteiger partial charge >= 0.3 is 5.97 Å². The fourth-order valence-corrected chi connectivity index (χ4v) is 2.04. The van der Waals surface area contributed by atoms with Crippen molar-refractivity contribution in [1.82, 2.24) is 0 Å². The number of esters is 1. The molecule has 0 spiro atoms. The molecule has 0 atom stereocenters. The Morgan fingerprint density at radius 1 is 0.815 bits per heavy atom. The minimum atomic E-state index is -0.749. The molecule has 0 aliphatic carbocycles. The molecule has 2 aromatic carbocycles. The lowest BCUT2D eigenvalue weighted by molar-refractivity contribution is -0.139. The maximum absolute atomic E-state index is 12.3. The van der Waals surface area contributed by atoms with Crippen LogP contribution in [-0.4, -0.2) is 27.1 Å². The van der Waals surface area contributed by atoms with E-state index < -0.39 is 23.3 Å². The van der Waals surface area contributed by atoms with Gasteiger partial charge in [-0.1, -0.05) is 36.4 Å². The van der Waals surface area contributed by atoms with Crippen molar-refractivity contribution in [3.63, 3.8) is 0 Å². The van der Waals surface area contributed by atoms with Gasteiger partial charge in [0.05, 0.1) is 0 Å². The van der Waals surface area contributed by atoms with Gasteiger partial charge in [0.15, 0.2) is 5.76 Å². The standard InChI is InChI=1S/C21H18O6/c1-14(22)27-21(19(25)12-6-15-2-8-17(23)9-3-15)20(26)13-7-16-4-10-18(24)11-5-16/h2-13,23-25H,1H3/b12-6+,13-7+,21-19+. The van der Waals surface area contributed by atoms with Crippen LogP contribution >= 0.6 is 0 Å². The summed E-state index contributed by atoms with van der Waals surface area (Å²) in [6.45, 7) is 1.12. The molecule has 0 aliphatic heterocycles. The van der Waals surface area contributed by atoms with E-state index in [-0.39, 0.29) is 11.5 Å². The minimum Gasteiger partial charge on any atom is -0.508 e. The van der Waals surface area contributed by atoms with Crippen LogP contribution in [0.5, 0.6) is 11.5 Å². The van der Waals surface area contributed by atoms with Crippen LogP contribution < -0.4 is 0 Å². The second kappa shape index (κ2) is 9.05. The summed E-state index contributed by atoms with van der Waals surface area (Å²) in [6, 6.07) is 12.3. The average Bonchev–Trinajstić information content (AvgIpc) is 2.64. The Hall–Kier alpha value is -3.80. The van der Waals surface area contributed by atoms with E-state index in [1.54, 1.807) is 24.3 Å². The number of aliphatic hydroxyl groups excluding tert-OH is 1. The number of hydrogen-bond acceptors (Lipinski definition) is 6. The number of carbonyl (C=O) groups is 2. The van der Waals surface area contributed by atoms with Crippen LogP contribution in [0.15, 0.2) is 72.2 Å². The molecule has 0 aliphatic rings. The van der Waals surface area contributed by atoms with Crippen molar-refractivity contribution in [3.05, 3.63) is 83.3 Å². The Bertz CT molecular complexity index is 903. The fraction of sp³-hybridized carbons (Fsp3) is 0.0476. The Morgan fingerprint density at radius 3 is 1.70 bits per heavy atom. The maximum Gasteiger partial charge on any atom is 0.308 e. The van der Waals surface area contributed by atoms with E-state index in [1.165, 1.54) is 42.5 Å². The first-order valence-electron chi connectivity index (χ1n) is 7.95. The Kier molecular flexibility index (Phi) is 6.55. The van der Waals surface area contributed by atoms with Crippen molar-refractivity contribution in [3.8, 4) is 11.5 Å². The largest absolute Gasteiger partial charge is 0.508 e. The van der Waals surface area contributed by atoms with Crippen LogP contribution in [0.1, 0.15) is 18.1 Å². The van der Waals surface area contributed by atoms with E-state index in [0.717, 1.165) is 13.0 Å². The molecule has 0 saturated heterocycles. The molecule has 0 unspecified atom stereocenters. The van der Waals surface area contributed by atoms with E-state index in [1.807, 2.05) is 0 Å². The number of carbonyl (C=O) groups excluding carboxylic acids is 2. The molecule has 6 nitrogen and oxygen atoms in total. The highest BCUT2D eigenvalue weighted by Crippen LogP contribution is 2.15. The van der Waals surface area contributed by atoms with Crippen molar-refractivity contribution < 1.29 is 29.6 Å². The monoisotopic (exact) mass is 366 g/mol. The number of ketones is 1. The second-order valence-electron chi connectivity index (χ2n) is 5.52. The van der Waals surface area contributed by atoms with Crippen LogP contribution in [-0.2, 0) is 14.3 Å². The predicted molar refractivity (Wildman–Crippen MR) is 101 cm³/mol. The number of hydrogen-bond donors (Lipinski definition) is 3. The van der Waals surface area contributed by atoms with E-state index >= 15 is 0 Å². The highest BCUT2D eigenvalue weighted by Gasteiger charge is 2.15. The smallest absolute Gasteiger partial charge is 0.308 e. The van der Waals surface area contributed by atoms with Gasteiger partial charge in [-0.15, -0.1) is 0 Å². The van der Waals surface area contributed by atoms with Gasteiger partial charge in [-0.25, -0.2) is 0 Å². The fourth-order valence-electron chi connectivity index (χ4n) is 2.04. The molecule has 27 heavy (non-hydrogen) atoms. The van der Waals surface area contributed by atoms with Gasteiger partial charge < -0.3 is 20.1 Å². The van der Waals surface area contributed by atoms with Crippen molar-refractivity contribution in [2.75, 3.05) is 0 Å². The first kappa shape index (κ1) is 19.5. The molecule has 2 aromatic rings. The lowest BCUT2D eigenvalue weighted by Crippen LogP contribution is -2.10. The molecule has 0 heterocycles. The highest BCUT2D eigenvalue weighted by molar-refractivity contribution is 6.06. The number of aromatic hydroxyl groups is 2. The van der Waals surface area contributed by atoms with Crippen LogP contribution in [0.25, 0.3) is 12.2 Å². The third-order valence-electron chi connectivity index (χ3n) is 3.35. The van der Waals surface area contributed by atoms with Crippen LogP contribution in [0.3, 0.4) is 0 Å². The first-order valence-corrected chi connectivity index (χ1v) is 7.95. The zero-order valence-electron chi connectivity index (χ0n) is 14.5. The van der Waals surface area contributed by atoms with Gasteiger partial charge in [-0.3, -0.25) is 9.59 Å². The Balaban J connectivity index is 2.24. The summed E-state index contributed by atoms with van der Waals surface area (Å²) in [5, 5.41) is 28.7. The number of aliphatic hydroxyl groups is 1. The summed E-state index contributed by atoms with van der Waals surface area (Å²) in [6.07, 6.45) is 5.32. The molecule has 0 fully saturated rings. The van der Waals surface area contributed by atoms with Crippen molar-refractivity contribution in [2.45, 2.75) is 6.92 Å². The maximum atomic E-state index is 12.3. The normalized spacial score (nSPS) is 12.2. The third kappa shape index (κ3) is 6.21. The molecule has 0 amide bonds. The molecular formula is C21H18O6. The molecule has 0 radical (unpaired) electrons. The van der Waals surface area contributed by atoms with Gasteiger partial charge in [0, 0.05) is 6.92 Å². The minimum absolute atomic E-state index is 0.0935. The quantitative estimate of drug-likeness (QED) is 0.311. The summed E-state index contributed by atoms with van der Waals surface area (Å²) in [4.78, 5) is 23.6. The van der Waals surface area contributed by atoms with Crippen molar-refractivity contribution in [2.24, 2.45) is 0 Å². The number of phenolic OH excluding ortho intramolecular Hbond substituents is 2. The highest BCUT2D eigenvalue weighted by atomic mass is 16.5. The first-order chi connectivity index (χ1) is 12.8. The molecule has 138 valence electrons. The van der Waals surface area contributed by atoms with E-state index in [9.17, 15) is 24.9 Å². The summed E-state index contributed by atoms with van der Waals surface area (Å²) in [7, 11) is 0. The number of phenols is 2. The van der Waals surface area contributed by atoms with Gasteiger partial charge in [0.2, 0.25) is 11.5 Å². The Morgan fingerprint density at radius 2 is 1.26 bits per heavy atom. The third-order valence-corrected chi connectivity index (χ3v) is 3.35. The summed E-state index contributed by atoms with van der Waals surface area (Å²) < 4.78 is 4.85. The van der Waals surface area contributed by atoms with Gasteiger partial charge in [-0.05, 0) is 47.5 Å². The van der Waals surface area contributed by atoms with Crippen molar-refractivity contribution >= 4 is 23.9 Å². The van der Waals surface area contributed by atoms with Crippen LogP contribution in [0, 0.1) is 0 Å². The van der Waals surface area contributed by atoms with Crippen LogP contribution in [0.4, 0.5) is 0 Å². The predicted octanol–water partition coefficient (Wildman–Crippen LogP) is 3.73. The molecular weight excluding hydrogens is 348 g/mol. The molecule has 0 aromatic heterocycles. The second-order valence-corrected chi connectivity index (χ2v) is 5.52.